The predicted octanol–water partition coefficient (Wildman–Crippen LogP) is 3.72. The number of ether oxygens (including phenoxy) is 2. The van der Waals surface area contributed by atoms with Gasteiger partial charge in [0.05, 0.1) is 0 Å². The Morgan fingerprint density at radius 3 is 2.96 bits per heavy atom. The average Bonchev–Trinajstić information content (AvgIpc) is 3.31. The Morgan fingerprint density at radius 2 is 2.08 bits per heavy atom. The molecule has 1 heterocycles. The van der Waals surface area contributed by atoms with Gasteiger partial charge in [0.2, 0.25) is 0 Å². The molecule has 0 saturated heterocycles. The molecule has 3 saturated carbocycles. The number of nitrogens with one attached hydrogen (secondary N) is 1. The van der Waals surface area contributed by atoms with Crippen LogP contribution in [0.1, 0.15) is 51.5 Å². The van der Waals surface area contributed by atoms with Gasteiger partial charge in [-0.2, -0.15) is 0 Å². The molecule has 1 aromatic carbocycles. The van der Waals surface area contributed by atoms with E-state index in [1.807, 2.05) is 12.1 Å². The van der Waals surface area contributed by atoms with E-state index in [2.05, 4.69) is 25.2 Å². The van der Waals surface area contributed by atoms with Crippen molar-refractivity contribution in [1.82, 2.24) is 5.32 Å². The monoisotopic (exact) mass is 355 g/mol. The standard InChI is InChI=1S/C22H29NO3/c1-22(2)11-13-5-3-8-19(21(13)26-22)25-12-20(24)23-18-10-14-9-17(18)16-7-4-6-15(14)16/h3,5,8,14-18H,4,6-7,9-12H2,1-2H3,(H,23,24). The van der Waals surface area contributed by atoms with Crippen LogP contribution in [-0.2, 0) is 11.2 Å². The highest BCUT2D eigenvalue weighted by molar-refractivity contribution is 5.78. The summed E-state index contributed by atoms with van der Waals surface area (Å²) in [7, 11) is 0. The molecular formula is C22H29NO3. The Hall–Kier alpha value is -1.71. The van der Waals surface area contributed by atoms with Gasteiger partial charge in [-0.15, -0.1) is 0 Å². The summed E-state index contributed by atoms with van der Waals surface area (Å²) in [5, 5.41) is 3.27. The topological polar surface area (TPSA) is 47.6 Å². The molecule has 1 amide bonds. The lowest BCUT2D eigenvalue weighted by Gasteiger charge is -2.32. The summed E-state index contributed by atoms with van der Waals surface area (Å²) in [6.45, 7) is 4.23. The third kappa shape index (κ3) is 2.69. The highest BCUT2D eigenvalue weighted by Gasteiger charge is 2.54. The number of hydrogen-bond donors (Lipinski definition) is 1. The Balaban J connectivity index is 1.19. The molecule has 4 heteroatoms. The van der Waals surface area contributed by atoms with Crippen LogP contribution in [0.15, 0.2) is 18.2 Å². The zero-order chi connectivity index (χ0) is 17.9. The van der Waals surface area contributed by atoms with Crippen molar-refractivity contribution in [2.24, 2.45) is 23.7 Å². The van der Waals surface area contributed by atoms with Crippen molar-refractivity contribution in [3.05, 3.63) is 23.8 Å². The lowest BCUT2D eigenvalue weighted by molar-refractivity contribution is -0.124. The maximum atomic E-state index is 12.5. The molecule has 5 unspecified atom stereocenters. The van der Waals surface area contributed by atoms with Crippen molar-refractivity contribution in [1.29, 1.82) is 0 Å². The fourth-order valence-corrected chi connectivity index (χ4v) is 6.33. The van der Waals surface area contributed by atoms with Gasteiger partial charge in [-0.05, 0) is 69.3 Å². The number of hydrogen-bond acceptors (Lipinski definition) is 3. The molecule has 26 heavy (non-hydrogen) atoms. The Bertz CT molecular complexity index is 728. The van der Waals surface area contributed by atoms with E-state index >= 15 is 0 Å². The van der Waals surface area contributed by atoms with Crippen molar-refractivity contribution in [2.45, 2.75) is 64.0 Å². The van der Waals surface area contributed by atoms with E-state index in [-0.39, 0.29) is 18.1 Å². The van der Waals surface area contributed by atoms with Gasteiger partial charge in [-0.3, -0.25) is 4.79 Å². The third-order valence-corrected chi connectivity index (χ3v) is 7.19. The van der Waals surface area contributed by atoms with Gasteiger partial charge in [0.25, 0.3) is 5.91 Å². The van der Waals surface area contributed by atoms with Crippen LogP contribution >= 0.6 is 0 Å². The van der Waals surface area contributed by atoms with Gasteiger partial charge in [-0.25, -0.2) is 0 Å². The second kappa shape index (κ2) is 5.90. The van der Waals surface area contributed by atoms with Gasteiger partial charge in [-0.1, -0.05) is 18.6 Å². The molecule has 1 N–H and O–H groups in total. The molecular weight excluding hydrogens is 326 g/mol. The van der Waals surface area contributed by atoms with Crippen LogP contribution in [0.3, 0.4) is 0 Å². The van der Waals surface area contributed by atoms with E-state index in [0.29, 0.717) is 17.7 Å². The molecule has 4 nitrogen and oxygen atoms in total. The SMILES string of the molecule is CC1(C)Cc2cccc(OCC(=O)NC3CC4CC3C3CCCC43)c2O1. The fraction of sp³-hybridized carbons (Fsp3) is 0.682. The minimum absolute atomic E-state index is 0.00644. The molecule has 4 aliphatic rings. The summed E-state index contributed by atoms with van der Waals surface area (Å²) in [5.41, 5.74) is 0.957. The van der Waals surface area contributed by atoms with Gasteiger partial charge >= 0.3 is 0 Å². The molecule has 3 fully saturated rings. The fourth-order valence-electron chi connectivity index (χ4n) is 6.33. The van der Waals surface area contributed by atoms with Crippen LogP contribution in [0.4, 0.5) is 0 Å². The summed E-state index contributed by atoms with van der Waals surface area (Å²) < 4.78 is 11.9. The summed E-state index contributed by atoms with van der Waals surface area (Å²) in [6, 6.07) is 6.32. The molecule has 1 aliphatic heterocycles. The smallest absolute Gasteiger partial charge is 0.258 e. The van der Waals surface area contributed by atoms with Gasteiger partial charge in [0.1, 0.15) is 5.60 Å². The van der Waals surface area contributed by atoms with Gasteiger partial charge in [0.15, 0.2) is 18.1 Å². The van der Waals surface area contributed by atoms with Crippen molar-refractivity contribution in [2.75, 3.05) is 6.61 Å². The Kier molecular flexibility index (Phi) is 3.74. The number of fused-ring (bicyclic) bond motifs is 6. The predicted molar refractivity (Wildman–Crippen MR) is 99.3 cm³/mol. The molecule has 0 spiro atoms. The first kappa shape index (κ1) is 16.5. The van der Waals surface area contributed by atoms with Crippen molar-refractivity contribution < 1.29 is 14.3 Å². The molecule has 0 aromatic heterocycles. The Labute approximate surface area is 155 Å². The van der Waals surface area contributed by atoms with E-state index in [9.17, 15) is 4.79 Å². The van der Waals surface area contributed by atoms with E-state index < -0.39 is 0 Å². The van der Waals surface area contributed by atoms with Crippen molar-refractivity contribution in [3.8, 4) is 11.5 Å². The van der Waals surface area contributed by atoms with Crippen LogP contribution in [0.25, 0.3) is 0 Å². The van der Waals surface area contributed by atoms with Gasteiger partial charge < -0.3 is 14.8 Å². The normalized spacial score (nSPS) is 35.7. The minimum Gasteiger partial charge on any atom is -0.483 e. The molecule has 3 aliphatic carbocycles. The molecule has 5 rings (SSSR count). The maximum Gasteiger partial charge on any atom is 0.258 e. The molecule has 2 bridgehead atoms. The zero-order valence-corrected chi connectivity index (χ0v) is 15.8. The van der Waals surface area contributed by atoms with Crippen LogP contribution in [0, 0.1) is 23.7 Å². The Morgan fingerprint density at radius 1 is 1.23 bits per heavy atom. The highest BCUT2D eigenvalue weighted by atomic mass is 16.5. The number of amides is 1. The molecule has 1 aromatic rings. The number of carbonyl (C=O) groups excluding carboxylic acids is 1. The maximum absolute atomic E-state index is 12.5. The third-order valence-electron chi connectivity index (χ3n) is 7.19. The molecule has 5 atom stereocenters. The number of benzene rings is 1. The van der Waals surface area contributed by atoms with Gasteiger partial charge in [0, 0.05) is 18.0 Å². The summed E-state index contributed by atoms with van der Waals surface area (Å²) in [4.78, 5) is 12.5. The lowest BCUT2D eigenvalue weighted by Crippen LogP contribution is -2.44. The summed E-state index contributed by atoms with van der Waals surface area (Å²) in [5.74, 6) is 4.89. The van der Waals surface area contributed by atoms with Crippen molar-refractivity contribution >= 4 is 5.91 Å². The van der Waals surface area contributed by atoms with Crippen LogP contribution < -0.4 is 14.8 Å². The number of para-hydroxylation sites is 1. The first-order valence-electron chi connectivity index (χ1n) is 10.2. The average molecular weight is 355 g/mol. The number of rotatable bonds is 4. The first-order valence-corrected chi connectivity index (χ1v) is 10.2. The zero-order valence-electron chi connectivity index (χ0n) is 15.8. The highest BCUT2D eigenvalue weighted by Crippen LogP contribution is 2.58. The summed E-state index contributed by atoms with van der Waals surface area (Å²) in [6.07, 6.45) is 7.57. The van der Waals surface area contributed by atoms with Crippen molar-refractivity contribution in [3.63, 3.8) is 0 Å². The number of carbonyl (C=O) groups is 1. The largest absolute Gasteiger partial charge is 0.483 e. The second-order valence-electron chi connectivity index (χ2n) is 9.40. The van der Waals surface area contributed by atoms with Crippen LogP contribution in [0.2, 0.25) is 0 Å². The quantitative estimate of drug-likeness (QED) is 0.895. The second-order valence-corrected chi connectivity index (χ2v) is 9.40. The first-order chi connectivity index (χ1) is 12.5. The van der Waals surface area contributed by atoms with Crippen LogP contribution in [0.5, 0.6) is 11.5 Å². The van der Waals surface area contributed by atoms with E-state index in [0.717, 1.165) is 35.5 Å². The van der Waals surface area contributed by atoms with E-state index in [4.69, 9.17) is 9.47 Å². The van der Waals surface area contributed by atoms with E-state index in [1.165, 1.54) is 32.1 Å². The molecule has 0 radical (unpaired) electrons. The summed E-state index contributed by atoms with van der Waals surface area (Å²) >= 11 is 0. The molecule has 140 valence electrons. The van der Waals surface area contributed by atoms with Crippen LogP contribution in [-0.4, -0.2) is 24.2 Å². The van der Waals surface area contributed by atoms with E-state index in [1.54, 1.807) is 0 Å². The minimum atomic E-state index is -0.203. The lowest BCUT2D eigenvalue weighted by atomic mass is 9.79.